The van der Waals surface area contributed by atoms with E-state index in [0.29, 0.717) is 22.6 Å². The van der Waals surface area contributed by atoms with Crippen LogP contribution >= 0.6 is 0 Å². The number of benzene rings is 9. The van der Waals surface area contributed by atoms with Gasteiger partial charge in [-0.3, -0.25) is 0 Å². The van der Waals surface area contributed by atoms with Crippen LogP contribution in [0.1, 0.15) is 5.56 Å². The van der Waals surface area contributed by atoms with Crippen LogP contribution in [0.4, 0.5) is 5.69 Å². The standard InChI is InChI=1S/C48H26N4/c1-50-40-27-43(51-41-24-12-10-22-38(41)45-34-18-6-2-14-30(34)32-16-4-8-20-36(32)47(45)51)29(28-49)26-44(40)52-42-25-13-11-23-39(42)46-35-19-7-3-15-31(35)33-17-5-9-21-37(33)48(46)52/h2-27H. The Morgan fingerprint density at radius 2 is 0.788 bits per heavy atom. The lowest BCUT2D eigenvalue weighted by Crippen LogP contribution is -2.02. The van der Waals surface area contributed by atoms with Gasteiger partial charge in [-0.2, -0.15) is 5.26 Å². The molecule has 0 saturated carbocycles. The van der Waals surface area contributed by atoms with Crippen molar-refractivity contribution in [2.75, 3.05) is 0 Å². The Kier molecular flexibility index (Phi) is 5.77. The predicted octanol–water partition coefficient (Wildman–Crippen LogP) is 12.9. The van der Waals surface area contributed by atoms with Gasteiger partial charge in [-0.05, 0) is 56.6 Å². The van der Waals surface area contributed by atoms with Crippen LogP contribution in [0, 0.1) is 17.9 Å². The molecule has 4 nitrogen and oxygen atoms in total. The summed E-state index contributed by atoms with van der Waals surface area (Å²) in [7, 11) is 0. The molecule has 0 atom stereocenters. The SMILES string of the molecule is [C-]#[N+]c1cc(-n2c3ccccc3c3c4ccccc4c4ccccc4c32)c(C#N)cc1-n1c2ccccc2c2c3ccccc3c3ccccc3c21. The molecular formula is C48H26N4. The molecule has 11 rings (SSSR count). The Morgan fingerprint density at radius 1 is 0.423 bits per heavy atom. The average molecular weight is 659 g/mol. The molecule has 4 heteroatoms. The molecule has 0 bridgehead atoms. The molecule has 0 aliphatic heterocycles. The highest BCUT2D eigenvalue weighted by molar-refractivity contribution is 6.33. The predicted molar refractivity (Wildman–Crippen MR) is 216 cm³/mol. The molecule has 2 heterocycles. The van der Waals surface area contributed by atoms with Crippen LogP contribution in [0.5, 0.6) is 0 Å². The van der Waals surface area contributed by atoms with Gasteiger partial charge < -0.3 is 9.13 Å². The van der Waals surface area contributed by atoms with Gasteiger partial charge in [0.2, 0.25) is 5.69 Å². The van der Waals surface area contributed by atoms with Crippen molar-refractivity contribution >= 4 is 92.4 Å². The van der Waals surface area contributed by atoms with Crippen molar-refractivity contribution in [2.45, 2.75) is 0 Å². The fraction of sp³-hybridized carbons (Fsp3) is 0. The minimum atomic E-state index is 0.477. The summed E-state index contributed by atoms with van der Waals surface area (Å²) in [6.07, 6.45) is 0. The van der Waals surface area contributed by atoms with E-state index in [-0.39, 0.29) is 0 Å². The first kappa shape index (κ1) is 28.4. The van der Waals surface area contributed by atoms with Crippen LogP contribution in [-0.2, 0) is 0 Å². The number of fused-ring (bicyclic) bond motifs is 16. The van der Waals surface area contributed by atoms with E-state index in [1.165, 1.54) is 10.8 Å². The summed E-state index contributed by atoms with van der Waals surface area (Å²) >= 11 is 0. The number of aromatic nitrogens is 2. The van der Waals surface area contributed by atoms with Crippen molar-refractivity contribution in [2.24, 2.45) is 0 Å². The maximum absolute atomic E-state index is 11.0. The summed E-state index contributed by atoms with van der Waals surface area (Å²) in [4.78, 5) is 4.21. The summed E-state index contributed by atoms with van der Waals surface area (Å²) in [5.74, 6) is 0. The van der Waals surface area contributed by atoms with Gasteiger partial charge in [-0.15, -0.1) is 0 Å². The summed E-state index contributed by atoms with van der Waals surface area (Å²) in [6.45, 7) is 8.63. The van der Waals surface area contributed by atoms with Crippen molar-refractivity contribution in [3.05, 3.63) is 175 Å². The lowest BCUT2D eigenvalue weighted by Gasteiger charge is -2.17. The molecule has 0 unspecified atom stereocenters. The number of para-hydroxylation sites is 2. The van der Waals surface area contributed by atoms with E-state index < -0.39 is 0 Å². The van der Waals surface area contributed by atoms with Crippen molar-refractivity contribution in [1.82, 2.24) is 9.13 Å². The molecule has 0 N–H and O–H groups in total. The number of hydrogen-bond acceptors (Lipinski definition) is 1. The fourth-order valence-corrected chi connectivity index (χ4v) is 8.87. The zero-order valence-electron chi connectivity index (χ0n) is 27.8. The van der Waals surface area contributed by atoms with Crippen LogP contribution in [0.3, 0.4) is 0 Å². The quantitative estimate of drug-likeness (QED) is 0.135. The molecule has 0 fully saturated rings. The molecule has 0 saturated heterocycles. The van der Waals surface area contributed by atoms with E-state index in [1.807, 2.05) is 24.3 Å². The van der Waals surface area contributed by atoms with Gasteiger partial charge in [-0.1, -0.05) is 133 Å². The highest BCUT2D eigenvalue weighted by Crippen LogP contribution is 2.46. The molecule has 0 aliphatic carbocycles. The Hall–Kier alpha value is -7.40. The van der Waals surface area contributed by atoms with Crippen molar-refractivity contribution in [3.8, 4) is 17.4 Å². The van der Waals surface area contributed by atoms with E-state index in [1.54, 1.807) is 0 Å². The van der Waals surface area contributed by atoms with Crippen molar-refractivity contribution in [3.63, 3.8) is 0 Å². The Labute approximate surface area is 298 Å². The average Bonchev–Trinajstić information content (AvgIpc) is 3.75. The first-order valence-electron chi connectivity index (χ1n) is 17.4. The molecule has 0 spiro atoms. The van der Waals surface area contributed by atoms with Crippen LogP contribution in [0.15, 0.2) is 158 Å². The Morgan fingerprint density at radius 3 is 1.23 bits per heavy atom. The highest BCUT2D eigenvalue weighted by Gasteiger charge is 2.24. The van der Waals surface area contributed by atoms with E-state index in [0.717, 1.165) is 75.9 Å². The van der Waals surface area contributed by atoms with E-state index in [4.69, 9.17) is 6.57 Å². The zero-order chi connectivity index (χ0) is 34.5. The van der Waals surface area contributed by atoms with E-state index in [2.05, 4.69) is 154 Å². The molecule has 9 aromatic carbocycles. The first-order chi connectivity index (χ1) is 25.8. The Balaban J connectivity index is 1.31. The summed E-state index contributed by atoms with van der Waals surface area (Å²) in [5, 5.41) is 24.7. The van der Waals surface area contributed by atoms with Crippen LogP contribution < -0.4 is 0 Å². The third-order valence-corrected chi connectivity index (χ3v) is 10.9. The second kappa shape index (κ2) is 10.6. The molecule has 0 aliphatic rings. The summed E-state index contributed by atoms with van der Waals surface area (Å²) in [6, 6.07) is 57.4. The summed E-state index contributed by atoms with van der Waals surface area (Å²) < 4.78 is 4.43. The molecule has 11 aromatic rings. The van der Waals surface area contributed by atoms with Crippen molar-refractivity contribution < 1.29 is 0 Å². The Bertz CT molecular complexity index is 3210. The number of nitrogens with zero attached hydrogens (tertiary/aromatic N) is 4. The van der Waals surface area contributed by atoms with Crippen LogP contribution in [-0.4, -0.2) is 9.13 Å². The van der Waals surface area contributed by atoms with Gasteiger partial charge >= 0.3 is 0 Å². The second-order valence-corrected chi connectivity index (χ2v) is 13.4. The fourth-order valence-electron chi connectivity index (χ4n) is 8.87. The number of nitriles is 1. The lowest BCUT2D eigenvalue weighted by atomic mass is 9.96. The molecule has 52 heavy (non-hydrogen) atoms. The van der Waals surface area contributed by atoms with Gasteiger partial charge in [0.15, 0.2) is 0 Å². The lowest BCUT2D eigenvalue weighted by molar-refractivity contribution is 1.14. The third-order valence-electron chi connectivity index (χ3n) is 10.9. The molecular weight excluding hydrogens is 633 g/mol. The molecule has 0 radical (unpaired) electrons. The van der Waals surface area contributed by atoms with Gasteiger partial charge in [0.25, 0.3) is 0 Å². The van der Waals surface area contributed by atoms with Gasteiger partial charge in [0.05, 0.1) is 45.6 Å². The monoisotopic (exact) mass is 658 g/mol. The van der Waals surface area contributed by atoms with Crippen LogP contribution in [0.25, 0.3) is 103 Å². The van der Waals surface area contributed by atoms with Gasteiger partial charge in [0, 0.05) is 32.3 Å². The van der Waals surface area contributed by atoms with Gasteiger partial charge in [-0.25, -0.2) is 4.85 Å². The topological polar surface area (TPSA) is 38.0 Å². The zero-order valence-corrected chi connectivity index (χ0v) is 27.8. The van der Waals surface area contributed by atoms with E-state index >= 15 is 0 Å². The van der Waals surface area contributed by atoms with Gasteiger partial charge in [0.1, 0.15) is 6.07 Å². The number of rotatable bonds is 2. The molecule has 2 aromatic heterocycles. The first-order valence-corrected chi connectivity index (χ1v) is 17.4. The molecule has 0 amide bonds. The van der Waals surface area contributed by atoms with Crippen LogP contribution in [0.2, 0.25) is 0 Å². The largest absolute Gasteiger partial charge is 0.318 e. The third kappa shape index (κ3) is 3.63. The molecule has 238 valence electrons. The maximum Gasteiger partial charge on any atom is 0.212 e. The smallest absolute Gasteiger partial charge is 0.212 e. The summed E-state index contributed by atoms with van der Waals surface area (Å²) in [5.41, 5.74) is 6.42. The second-order valence-electron chi connectivity index (χ2n) is 13.4. The van der Waals surface area contributed by atoms with Crippen molar-refractivity contribution in [1.29, 1.82) is 5.26 Å². The minimum absolute atomic E-state index is 0.477. The number of hydrogen-bond donors (Lipinski definition) is 0. The highest BCUT2D eigenvalue weighted by atomic mass is 15.0. The normalized spacial score (nSPS) is 11.8. The maximum atomic E-state index is 11.0. The minimum Gasteiger partial charge on any atom is -0.318 e. The van der Waals surface area contributed by atoms with E-state index in [9.17, 15) is 5.26 Å².